The number of nitrogens with one attached hydrogen (secondary N) is 2. The van der Waals surface area contributed by atoms with Crippen molar-refractivity contribution in [1.82, 2.24) is 19.7 Å². The van der Waals surface area contributed by atoms with Gasteiger partial charge in [0, 0.05) is 18.3 Å². The van der Waals surface area contributed by atoms with Crippen LogP contribution in [0.4, 0.5) is 5.69 Å². The average Bonchev–Trinajstić information content (AvgIpc) is 3.11. The van der Waals surface area contributed by atoms with Crippen molar-refractivity contribution in [3.63, 3.8) is 0 Å². The van der Waals surface area contributed by atoms with Gasteiger partial charge in [-0.05, 0) is 61.6 Å². The lowest BCUT2D eigenvalue weighted by molar-refractivity contribution is -0.133. The number of hydrogen-bond acceptors (Lipinski definition) is 5. The van der Waals surface area contributed by atoms with Gasteiger partial charge in [-0.25, -0.2) is 0 Å². The SMILES string of the molecule is CCOc1ccc(-c2n[nH]c(=S)n2CC(=O)N(C)CC(=O)Nc2ccc(Cl)c(Cl)c2)cc1. The molecule has 32 heavy (non-hydrogen) atoms. The van der Waals surface area contributed by atoms with E-state index in [0.717, 1.165) is 11.3 Å². The van der Waals surface area contributed by atoms with Gasteiger partial charge in [-0.1, -0.05) is 23.2 Å². The van der Waals surface area contributed by atoms with E-state index >= 15 is 0 Å². The van der Waals surface area contributed by atoms with Gasteiger partial charge in [0.05, 0.1) is 23.2 Å². The van der Waals surface area contributed by atoms with Crippen molar-refractivity contribution in [2.45, 2.75) is 13.5 Å². The third-order valence-electron chi connectivity index (χ3n) is 4.49. The molecule has 0 aliphatic rings. The maximum absolute atomic E-state index is 12.8. The van der Waals surface area contributed by atoms with Crippen LogP contribution in [0.5, 0.6) is 5.75 Å². The second kappa shape index (κ2) is 10.6. The van der Waals surface area contributed by atoms with E-state index in [1.54, 1.807) is 16.7 Å². The molecule has 1 aromatic heterocycles. The van der Waals surface area contributed by atoms with Crippen LogP contribution in [0.15, 0.2) is 42.5 Å². The van der Waals surface area contributed by atoms with Gasteiger partial charge in [-0.3, -0.25) is 19.3 Å². The van der Waals surface area contributed by atoms with Crippen molar-refractivity contribution in [2.24, 2.45) is 0 Å². The molecule has 3 rings (SSSR count). The summed E-state index contributed by atoms with van der Waals surface area (Å²) in [4.78, 5) is 26.4. The summed E-state index contributed by atoms with van der Waals surface area (Å²) in [6, 6.07) is 12.1. The van der Waals surface area contributed by atoms with Gasteiger partial charge in [0.2, 0.25) is 11.8 Å². The summed E-state index contributed by atoms with van der Waals surface area (Å²) in [5.74, 6) is 0.571. The maximum atomic E-state index is 12.8. The number of benzene rings is 2. The fraction of sp³-hybridized carbons (Fsp3) is 0.238. The third kappa shape index (κ3) is 5.87. The number of amides is 2. The van der Waals surface area contributed by atoms with Crippen LogP contribution in [-0.2, 0) is 16.1 Å². The molecule has 0 saturated heterocycles. The Hall–Kier alpha value is -2.88. The van der Waals surface area contributed by atoms with Crippen molar-refractivity contribution in [3.8, 4) is 17.1 Å². The van der Waals surface area contributed by atoms with Crippen LogP contribution < -0.4 is 10.1 Å². The van der Waals surface area contributed by atoms with Crippen LogP contribution in [0.25, 0.3) is 11.4 Å². The van der Waals surface area contributed by atoms with E-state index in [9.17, 15) is 9.59 Å². The minimum atomic E-state index is -0.373. The van der Waals surface area contributed by atoms with Crippen LogP contribution in [0.1, 0.15) is 6.92 Å². The van der Waals surface area contributed by atoms with Crippen molar-refractivity contribution in [3.05, 3.63) is 57.3 Å². The lowest BCUT2D eigenvalue weighted by Crippen LogP contribution is -2.37. The molecule has 2 amide bonds. The summed E-state index contributed by atoms with van der Waals surface area (Å²) >= 11 is 17.1. The van der Waals surface area contributed by atoms with Gasteiger partial charge in [0.25, 0.3) is 0 Å². The van der Waals surface area contributed by atoms with Crippen molar-refractivity contribution in [1.29, 1.82) is 0 Å². The summed E-state index contributed by atoms with van der Waals surface area (Å²) in [5.41, 5.74) is 1.26. The fourth-order valence-corrected chi connectivity index (χ4v) is 3.38. The second-order valence-electron chi connectivity index (χ2n) is 6.82. The van der Waals surface area contributed by atoms with Gasteiger partial charge in [-0.2, -0.15) is 5.10 Å². The zero-order valence-corrected chi connectivity index (χ0v) is 19.7. The molecule has 1 heterocycles. The normalized spacial score (nSPS) is 10.6. The largest absolute Gasteiger partial charge is 0.494 e. The van der Waals surface area contributed by atoms with E-state index in [2.05, 4.69) is 15.5 Å². The topological polar surface area (TPSA) is 92.2 Å². The molecule has 8 nitrogen and oxygen atoms in total. The number of ether oxygens (including phenoxy) is 1. The molecule has 168 valence electrons. The number of carbonyl (C=O) groups excluding carboxylic acids is 2. The predicted molar refractivity (Wildman–Crippen MR) is 127 cm³/mol. The molecule has 2 aromatic carbocycles. The Bertz CT molecular complexity index is 1180. The molecule has 2 N–H and O–H groups in total. The lowest BCUT2D eigenvalue weighted by atomic mass is 10.2. The second-order valence-corrected chi connectivity index (χ2v) is 8.02. The molecule has 0 saturated carbocycles. The minimum Gasteiger partial charge on any atom is -0.494 e. The Morgan fingerprint density at radius 2 is 1.91 bits per heavy atom. The first-order valence-corrected chi connectivity index (χ1v) is 10.8. The van der Waals surface area contributed by atoms with E-state index in [4.69, 9.17) is 40.2 Å². The Labute approximate surface area is 200 Å². The number of aromatic nitrogens is 3. The fourth-order valence-electron chi connectivity index (χ4n) is 2.89. The number of hydrogen-bond donors (Lipinski definition) is 2. The van der Waals surface area contributed by atoms with Crippen molar-refractivity contribution >= 4 is 52.9 Å². The van der Waals surface area contributed by atoms with Gasteiger partial charge >= 0.3 is 0 Å². The molecule has 0 aliphatic heterocycles. The van der Waals surface area contributed by atoms with Crippen LogP contribution in [0.2, 0.25) is 10.0 Å². The number of H-pyrrole nitrogens is 1. The standard InChI is InChI=1S/C21H21Cl2N5O3S/c1-3-31-15-7-4-13(5-8-15)20-25-26-21(32)28(20)12-19(30)27(2)11-18(29)24-14-6-9-16(22)17(23)10-14/h4-10H,3,11-12H2,1-2H3,(H,24,29)(H,26,32). The highest BCUT2D eigenvalue weighted by atomic mass is 35.5. The summed E-state index contributed by atoms with van der Waals surface area (Å²) in [7, 11) is 1.54. The molecular formula is C21H21Cl2N5O3S. The molecular weight excluding hydrogens is 473 g/mol. The maximum Gasteiger partial charge on any atom is 0.243 e. The molecule has 0 radical (unpaired) electrons. The zero-order chi connectivity index (χ0) is 23.3. The number of anilines is 1. The number of likely N-dealkylation sites (N-methyl/N-ethyl adjacent to an activating group) is 1. The molecule has 0 unspecified atom stereocenters. The molecule has 0 aliphatic carbocycles. The van der Waals surface area contributed by atoms with Gasteiger partial charge in [-0.15, -0.1) is 0 Å². The number of nitrogens with zero attached hydrogens (tertiary/aromatic N) is 3. The smallest absolute Gasteiger partial charge is 0.243 e. The molecule has 0 atom stereocenters. The van der Waals surface area contributed by atoms with Gasteiger partial charge < -0.3 is 15.0 Å². The summed E-state index contributed by atoms with van der Waals surface area (Å²) in [5, 5.41) is 10.3. The molecule has 11 heteroatoms. The minimum absolute atomic E-state index is 0.0750. The van der Waals surface area contributed by atoms with Crippen molar-refractivity contribution < 1.29 is 14.3 Å². The number of rotatable bonds is 8. The molecule has 0 bridgehead atoms. The number of carbonyl (C=O) groups is 2. The third-order valence-corrected chi connectivity index (χ3v) is 5.54. The predicted octanol–water partition coefficient (Wildman–Crippen LogP) is 4.41. The van der Waals surface area contributed by atoms with E-state index in [-0.39, 0.29) is 24.9 Å². The van der Waals surface area contributed by atoms with E-state index in [1.165, 1.54) is 18.0 Å². The highest BCUT2D eigenvalue weighted by Crippen LogP contribution is 2.25. The Balaban J connectivity index is 1.66. The number of halogens is 2. The number of aromatic amines is 1. The van der Waals surface area contributed by atoms with Crippen molar-refractivity contribution in [2.75, 3.05) is 25.5 Å². The van der Waals surface area contributed by atoms with Crippen LogP contribution in [0.3, 0.4) is 0 Å². The van der Waals surface area contributed by atoms with Crippen LogP contribution >= 0.6 is 35.4 Å². The highest BCUT2D eigenvalue weighted by Gasteiger charge is 2.17. The van der Waals surface area contributed by atoms with E-state index in [1.807, 2.05) is 31.2 Å². The Morgan fingerprint density at radius 1 is 1.19 bits per heavy atom. The molecule has 0 fully saturated rings. The summed E-state index contributed by atoms with van der Waals surface area (Å²) in [6.45, 7) is 2.25. The first kappa shape index (κ1) is 23.8. The van der Waals surface area contributed by atoms with Gasteiger partial charge in [0.1, 0.15) is 12.3 Å². The summed E-state index contributed by atoms with van der Waals surface area (Å²) < 4.78 is 7.34. The highest BCUT2D eigenvalue weighted by molar-refractivity contribution is 7.71. The molecule has 3 aromatic rings. The average molecular weight is 494 g/mol. The lowest BCUT2D eigenvalue weighted by Gasteiger charge is -2.18. The Kier molecular flexibility index (Phi) is 7.89. The van der Waals surface area contributed by atoms with Crippen LogP contribution in [-0.4, -0.2) is 51.7 Å². The summed E-state index contributed by atoms with van der Waals surface area (Å²) in [6.07, 6.45) is 0. The van der Waals surface area contributed by atoms with Gasteiger partial charge in [0.15, 0.2) is 10.6 Å². The first-order valence-electron chi connectivity index (χ1n) is 9.65. The zero-order valence-electron chi connectivity index (χ0n) is 17.4. The first-order chi connectivity index (χ1) is 15.3. The molecule has 0 spiro atoms. The quantitative estimate of drug-likeness (QED) is 0.453. The monoisotopic (exact) mass is 493 g/mol. The van der Waals surface area contributed by atoms with Crippen LogP contribution in [0, 0.1) is 4.77 Å². The van der Waals surface area contributed by atoms with E-state index < -0.39 is 0 Å². The van der Waals surface area contributed by atoms with E-state index in [0.29, 0.717) is 32.9 Å². The Morgan fingerprint density at radius 3 is 2.56 bits per heavy atom.